The van der Waals surface area contributed by atoms with Gasteiger partial charge >= 0.3 is 0 Å². The first-order valence-corrected chi connectivity index (χ1v) is 8.01. The van der Waals surface area contributed by atoms with Crippen LogP contribution >= 0.6 is 0 Å². The van der Waals surface area contributed by atoms with Gasteiger partial charge < -0.3 is 9.32 Å². The SMILES string of the molecule is CC(C1CC1)N(C)C(=O)CCc1ncc(-c2ccc(F)cc2)o1. The molecule has 1 fully saturated rings. The van der Waals surface area contributed by atoms with E-state index in [2.05, 4.69) is 11.9 Å². The third kappa shape index (κ3) is 3.78. The number of hydrogen-bond donors (Lipinski definition) is 0. The molecule has 1 heterocycles. The molecule has 3 rings (SSSR count). The number of rotatable bonds is 6. The van der Waals surface area contributed by atoms with Crippen molar-refractivity contribution in [3.63, 3.8) is 0 Å². The second-order valence-corrected chi connectivity index (χ2v) is 6.21. The zero-order chi connectivity index (χ0) is 16.4. The van der Waals surface area contributed by atoms with Gasteiger partial charge in [-0.05, 0) is 49.9 Å². The monoisotopic (exact) mass is 316 g/mol. The molecule has 1 aromatic carbocycles. The van der Waals surface area contributed by atoms with Crippen molar-refractivity contribution in [3.05, 3.63) is 42.2 Å². The van der Waals surface area contributed by atoms with Crippen molar-refractivity contribution in [1.82, 2.24) is 9.88 Å². The number of amides is 1. The number of aryl methyl sites for hydroxylation is 1. The Morgan fingerprint density at radius 1 is 1.39 bits per heavy atom. The van der Waals surface area contributed by atoms with Crippen molar-refractivity contribution in [2.45, 2.75) is 38.6 Å². The molecule has 1 aliphatic rings. The molecule has 1 atom stereocenters. The predicted molar refractivity (Wildman–Crippen MR) is 85.2 cm³/mol. The zero-order valence-electron chi connectivity index (χ0n) is 13.5. The van der Waals surface area contributed by atoms with E-state index >= 15 is 0 Å². The largest absolute Gasteiger partial charge is 0.441 e. The van der Waals surface area contributed by atoms with Gasteiger partial charge in [0, 0.05) is 31.5 Å². The van der Waals surface area contributed by atoms with E-state index in [1.165, 1.54) is 25.0 Å². The molecule has 0 saturated heterocycles. The Bertz CT molecular complexity index is 677. The summed E-state index contributed by atoms with van der Waals surface area (Å²) in [5.74, 6) is 1.62. The van der Waals surface area contributed by atoms with Crippen LogP contribution in [-0.2, 0) is 11.2 Å². The molecule has 0 bridgehead atoms. The number of carbonyl (C=O) groups is 1. The molecule has 1 amide bonds. The van der Waals surface area contributed by atoms with Gasteiger partial charge in [-0.15, -0.1) is 0 Å². The summed E-state index contributed by atoms with van der Waals surface area (Å²) < 4.78 is 18.6. The van der Waals surface area contributed by atoms with Gasteiger partial charge in [0.2, 0.25) is 5.91 Å². The van der Waals surface area contributed by atoms with E-state index in [1.807, 2.05) is 11.9 Å². The fourth-order valence-corrected chi connectivity index (χ4v) is 2.69. The summed E-state index contributed by atoms with van der Waals surface area (Å²) in [6.45, 7) is 2.10. The van der Waals surface area contributed by atoms with Gasteiger partial charge in [-0.1, -0.05) is 0 Å². The first-order chi connectivity index (χ1) is 11.0. The minimum atomic E-state index is -0.285. The van der Waals surface area contributed by atoms with E-state index in [-0.39, 0.29) is 11.7 Å². The number of carbonyl (C=O) groups excluding carboxylic acids is 1. The van der Waals surface area contributed by atoms with Crippen molar-refractivity contribution < 1.29 is 13.6 Å². The van der Waals surface area contributed by atoms with Gasteiger partial charge in [0.15, 0.2) is 11.7 Å². The van der Waals surface area contributed by atoms with Crippen LogP contribution in [0.4, 0.5) is 4.39 Å². The fourth-order valence-electron chi connectivity index (χ4n) is 2.69. The lowest BCUT2D eigenvalue weighted by Crippen LogP contribution is -2.36. The maximum atomic E-state index is 12.9. The van der Waals surface area contributed by atoms with E-state index in [4.69, 9.17) is 4.42 Å². The number of oxazole rings is 1. The van der Waals surface area contributed by atoms with Gasteiger partial charge in [0.1, 0.15) is 5.82 Å². The molecule has 0 radical (unpaired) electrons. The molecular weight excluding hydrogens is 295 g/mol. The maximum absolute atomic E-state index is 12.9. The van der Waals surface area contributed by atoms with Gasteiger partial charge in [0.05, 0.1) is 6.20 Å². The van der Waals surface area contributed by atoms with Crippen molar-refractivity contribution in [2.24, 2.45) is 5.92 Å². The van der Waals surface area contributed by atoms with Crippen LogP contribution in [-0.4, -0.2) is 28.9 Å². The Kier molecular flexibility index (Phi) is 4.46. The number of hydrogen-bond acceptors (Lipinski definition) is 3. The normalized spacial score (nSPS) is 15.4. The lowest BCUT2D eigenvalue weighted by atomic mass is 10.1. The third-order valence-electron chi connectivity index (χ3n) is 4.54. The number of benzene rings is 1. The van der Waals surface area contributed by atoms with Crippen LogP contribution < -0.4 is 0 Å². The lowest BCUT2D eigenvalue weighted by molar-refractivity contribution is -0.132. The lowest BCUT2D eigenvalue weighted by Gasteiger charge is -2.24. The highest BCUT2D eigenvalue weighted by Gasteiger charge is 2.32. The molecule has 2 aromatic rings. The molecule has 1 saturated carbocycles. The summed E-state index contributed by atoms with van der Waals surface area (Å²) in [7, 11) is 1.87. The predicted octanol–water partition coefficient (Wildman–Crippen LogP) is 3.67. The van der Waals surface area contributed by atoms with Crippen LogP contribution in [0.3, 0.4) is 0 Å². The maximum Gasteiger partial charge on any atom is 0.223 e. The van der Waals surface area contributed by atoms with Crippen LogP contribution in [0.1, 0.15) is 32.1 Å². The molecule has 0 N–H and O–H groups in total. The highest BCUT2D eigenvalue weighted by Crippen LogP contribution is 2.34. The van der Waals surface area contributed by atoms with Gasteiger partial charge in [-0.25, -0.2) is 9.37 Å². The zero-order valence-corrected chi connectivity index (χ0v) is 13.5. The molecule has 4 nitrogen and oxygen atoms in total. The molecule has 5 heteroatoms. The van der Waals surface area contributed by atoms with Crippen LogP contribution in [0, 0.1) is 11.7 Å². The van der Waals surface area contributed by atoms with E-state index < -0.39 is 0 Å². The summed E-state index contributed by atoms with van der Waals surface area (Å²) in [5, 5.41) is 0. The quantitative estimate of drug-likeness (QED) is 0.817. The van der Waals surface area contributed by atoms with Crippen LogP contribution in [0.5, 0.6) is 0 Å². The van der Waals surface area contributed by atoms with Gasteiger partial charge in [0.25, 0.3) is 0 Å². The van der Waals surface area contributed by atoms with E-state index in [1.54, 1.807) is 18.3 Å². The van der Waals surface area contributed by atoms with Crippen LogP contribution in [0.25, 0.3) is 11.3 Å². The summed E-state index contributed by atoms with van der Waals surface area (Å²) in [4.78, 5) is 18.3. The molecule has 1 unspecified atom stereocenters. The second kappa shape index (κ2) is 6.52. The second-order valence-electron chi connectivity index (χ2n) is 6.21. The number of halogens is 1. The van der Waals surface area contributed by atoms with E-state index in [0.717, 1.165) is 5.56 Å². The Labute approximate surface area is 135 Å². The van der Waals surface area contributed by atoms with Crippen LogP contribution in [0.2, 0.25) is 0 Å². The molecule has 122 valence electrons. The average molecular weight is 316 g/mol. The van der Waals surface area contributed by atoms with Crippen molar-refractivity contribution in [2.75, 3.05) is 7.05 Å². The van der Waals surface area contributed by atoms with Crippen molar-refractivity contribution in [3.8, 4) is 11.3 Å². The Morgan fingerprint density at radius 3 is 2.74 bits per heavy atom. The summed E-state index contributed by atoms with van der Waals surface area (Å²) in [6, 6.07) is 6.37. The fraction of sp³-hybridized carbons (Fsp3) is 0.444. The van der Waals surface area contributed by atoms with Crippen molar-refractivity contribution in [1.29, 1.82) is 0 Å². The average Bonchev–Trinajstić information content (AvgIpc) is 3.30. The third-order valence-corrected chi connectivity index (χ3v) is 4.54. The molecule has 0 spiro atoms. The van der Waals surface area contributed by atoms with Crippen LogP contribution in [0.15, 0.2) is 34.9 Å². The minimum Gasteiger partial charge on any atom is -0.441 e. The summed E-state index contributed by atoms with van der Waals surface area (Å²) >= 11 is 0. The topological polar surface area (TPSA) is 46.3 Å². The molecule has 0 aliphatic heterocycles. The van der Waals surface area contributed by atoms with Crippen molar-refractivity contribution >= 4 is 5.91 Å². The van der Waals surface area contributed by atoms with E-state index in [9.17, 15) is 9.18 Å². The molecule has 23 heavy (non-hydrogen) atoms. The standard InChI is InChI=1S/C18H21FN2O2/c1-12(13-3-4-13)21(2)18(22)10-9-17-20-11-16(23-17)14-5-7-15(19)8-6-14/h5-8,11-13H,3-4,9-10H2,1-2H3. The van der Waals surface area contributed by atoms with Gasteiger partial charge in [-0.2, -0.15) is 0 Å². The molecule has 1 aromatic heterocycles. The van der Waals surface area contributed by atoms with E-state index in [0.29, 0.717) is 36.5 Å². The molecule has 1 aliphatic carbocycles. The number of nitrogens with zero attached hydrogens (tertiary/aromatic N) is 2. The Balaban J connectivity index is 1.56. The highest BCUT2D eigenvalue weighted by molar-refractivity contribution is 5.76. The minimum absolute atomic E-state index is 0.117. The van der Waals surface area contributed by atoms with Gasteiger partial charge in [-0.3, -0.25) is 4.79 Å². The first kappa shape index (κ1) is 15.7. The molecular formula is C18H21FN2O2. The smallest absolute Gasteiger partial charge is 0.223 e. The first-order valence-electron chi connectivity index (χ1n) is 8.01. The Hall–Kier alpha value is -2.17. The number of aromatic nitrogens is 1. The Morgan fingerprint density at radius 2 is 2.09 bits per heavy atom. The summed E-state index contributed by atoms with van der Waals surface area (Å²) in [5.41, 5.74) is 0.774. The highest BCUT2D eigenvalue weighted by atomic mass is 19.1. The summed E-state index contributed by atoms with van der Waals surface area (Å²) in [6.07, 6.45) is 4.92.